The Balaban J connectivity index is 3.02. The zero-order chi connectivity index (χ0) is 5.11. The van der Waals surface area contributed by atoms with E-state index in [4.69, 9.17) is 0 Å². The van der Waals surface area contributed by atoms with Gasteiger partial charge in [0.2, 0.25) is 0 Å². The van der Waals surface area contributed by atoms with Crippen molar-refractivity contribution in [3.05, 3.63) is 30.3 Å². The van der Waals surface area contributed by atoms with Crippen LogP contribution in [-0.2, 0) is 0 Å². The summed E-state index contributed by atoms with van der Waals surface area (Å²) < 4.78 is 11.8. The van der Waals surface area contributed by atoms with Gasteiger partial charge in [-0.15, -0.1) is 0 Å². The summed E-state index contributed by atoms with van der Waals surface area (Å²) in [5.41, 5.74) is 0. The zero-order valence-corrected chi connectivity index (χ0v) is 3.48. The number of hydrogen-bond donors (Lipinski definition) is 0. The lowest BCUT2D eigenvalue weighted by Gasteiger charge is -1.76. The van der Waals surface area contributed by atoms with E-state index in [-0.39, 0.29) is 0 Å². The molecule has 1 nitrogen and oxygen atoms in total. The first-order valence-electron chi connectivity index (χ1n) is 1.79. The van der Waals surface area contributed by atoms with Crippen LogP contribution in [0, 0.1) is 18.1 Å². The van der Waals surface area contributed by atoms with E-state index in [0.717, 1.165) is 0 Å². The Bertz CT molecular complexity index is 138. The minimum atomic E-state index is -0.470. The Morgan fingerprint density at radius 3 is 2.86 bits per heavy atom. The lowest BCUT2D eigenvalue weighted by atomic mass is 10.5. The zero-order valence-electron chi connectivity index (χ0n) is 3.48. The maximum atomic E-state index is 11.8. The molecule has 0 aliphatic heterocycles. The molecule has 7 heavy (non-hydrogen) atoms. The van der Waals surface area contributed by atoms with Crippen LogP contribution in [0.5, 0.6) is 0 Å². The molecule has 0 amide bonds. The fraction of sp³-hybridized carbons (Fsp3) is 0. The largest absolute Gasteiger partial charge is 0.251 e. The summed E-state index contributed by atoms with van der Waals surface area (Å²) in [6.45, 7) is 0. The monoisotopic (exact) mass is 95.0 g/mol. The standard InChI is InChI=1S/C5H2FN/c6-5-2-1-3-7-4-5/h2-3H. The fourth-order valence-corrected chi connectivity index (χ4v) is 0.274. The highest BCUT2D eigenvalue weighted by molar-refractivity contribution is 4.88. The van der Waals surface area contributed by atoms with Crippen LogP contribution in [0.4, 0.5) is 4.39 Å². The van der Waals surface area contributed by atoms with Gasteiger partial charge >= 0.3 is 0 Å². The molecule has 1 rings (SSSR count). The van der Waals surface area contributed by atoms with E-state index in [9.17, 15) is 4.39 Å². The maximum absolute atomic E-state index is 11.8. The summed E-state index contributed by atoms with van der Waals surface area (Å²) in [6, 6.07) is 3.62. The van der Waals surface area contributed by atoms with Crippen molar-refractivity contribution < 1.29 is 4.39 Å². The molecule has 0 aromatic carbocycles. The van der Waals surface area contributed by atoms with Crippen LogP contribution >= 0.6 is 0 Å². The van der Waals surface area contributed by atoms with Crippen molar-refractivity contribution >= 4 is 0 Å². The van der Waals surface area contributed by atoms with Crippen molar-refractivity contribution in [1.29, 1.82) is 0 Å². The van der Waals surface area contributed by atoms with Gasteiger partial charge in [0.05, 0.1) is 0 Å². The van der Waals surface area contributed by atoms with Gasteiger partial charge in [-0.2, -0.15) is 0 Å². The first-order valence-corrected chi connectivity index (χ1v) is 1.79. The van der Waals surface area contributed by atoms with Gasteiger partial charge in [0.25, 0.3) is 0 Å². The van der Waals surface area contributed by atoms with Gasteiger partial charge in [-0.1, -0.05) is 0 Å². The average Bonchev–Trinajstić information content (AvgIpc) is 1.69. The molecule has 2 radical (unpaired) electrons. The van der Waals surface area contributed by atoms with E-state index >= 15 is 0 Å². The Kier molecular flexibility index (Phi) is 1.02. The number of halogens is 1. The summed E-state index contributed by atoms with van der Waals surface area (Å²) >= 11 is 0. The number of hydrogen-bond acceptors (Lipinski definition) is 1. The van der Waals surface area contributed by atoms with Crippen LogP contribution in [0.25, 0.3) is 0 Å². The average molecular weight is 95.1 g/mol. The van der Waals surface area contributed by atoms with Crippen LogP contribution in [0.2, 0.25) is 0 Å². The van der Waals surface area contributed by atoms with E-state index < -0.39 is 5.82 Å². The highest BCUT2D eigenvalue weighted by atomic mass is 19.1. The molecule has 0 spiro atoms. The van der Waals surface area contributed by atoms with Crippen molar-refractivity contribution in [3.8, 4) is 0 Å². The van der Waals surface area contributed by atoms with Crippen molar-refractivity contribution in [2.45, 2.75) is 0 Å². The molecule has 1 heterocycles. The quantitative estimate of drug-likeness (QED) is 0.465. The van der Waals surface area contributed by atoms with Crippen LogP contribution in [0.1, 0.15) is 0 Å². The molecule has 0 N–H and O–H groups in total. The normalized spacial score (nSPS) is 8.71. The van der Waals surface area contributed by atoms with Gasteiger partial charge < -0.3 is 0 Å². The molecule has 2 heteroatoms. The smallest absolute Gasteiger partial charge is 0.151 e. The van der Waals surface area contributed by atoms with E-state index in [1.165, 1.54) is 12.3 Å². The number of aromatic nitrogens is 1. The molecule has 0 fully saturated rings. The molecule has 0 aliphatic carbocycles. The molecule has 34 valence electrons. The number of nitrogens with zero attached hydrogens (tertiary/aromatic N) is 1. The summed E-state index contributed by atoms with van der Waals surface area (Å²) in [7, 11) is 0. The molecule has 0 saturated heterocycles. The minimum absolute atomic E-state index is 0.470. The second-order valence-corrected chi connectivity index (χ2v) is 1.03. The van der Waals surface area contributed by atoms with Gasteiger partial charge in [-0.25, -0.2) is 4.39 Å². The predicted octanol–water partition coefficient (Wildman–Crippen LogP) is 0.821. The molecule has 0 aliphatic rings. The summed E-state index contributed by atoms with van der Waals surface area (Å²) in [5.74, 6) is -0.470. The Hall–Kier alpha value is -0.920. The Labute approximate surface area is 40.8 Å². The Morgan fingerprint density at radius 2 is 2.57 bits per heavy atom. The lowest BCUT2D eigenvalue weighted by molar-refractivity contribution is 0.618. The summed E-state index contributed by atoms with van der Waals surface area (Å²) in [4.78, 5) is 3.33. The molecule has 0 unspecified atom stereocenters. The van der Waals surface area contributed by atoms with Gasteiger partial charge in [0.1, 0.15) is 6.20 Å². The molecule has 0 saturated carbocycles. The van der Waals surface area contributed by atoms with E-state index in [1.54, 1.807) is 0 Å². The second kappa shape index (κ2) is 1.69. The SMILES string of the molecule is Fc1[c]nc[c]c1. The highest BCUT2D eigenvalue weighted by Gasteiger charge is 1.80. The van der Waals surface area contributed by atoms with Crippen LogP contribution in [-0.4, -0.2) is 4.98 Å². The minimum Gasteiger partial charge on any atom is -0.251 e. The maximum Gasteiger partial charge on any atom is 0.151 e. The van der Waals surface area contributed by atoms with Gasteiger partial charge in [0.15, 0.2) is 5.82 Å². The Morgan fingerprint density at radius 1 is 1.71 bits per heavy atom. The fourth-order valence-electron chi connectivity index (χ4n) is 0.274. The third-order valence-electron chi connectivity index (χ3n) is 0.520. The van der Waals surface area contributed by atoms with E-state index in [1.807, 2.05) is 0 Å². The van der Waals surface area contributed by atoms with Gasteiger partial charge in [-0.05, 0) is 6.07 Å². The van der Waals surface area contributed by atoms with Gasteiger partial charge in [0, 0.05) is 12.3 Å². The van der Waals surface area contributed by atoms with E-state index in [0.29, 0.717) is 0 Å². The van der Waals surface area contributed by atoms with E-state index in [2.05, 4.69) is 17.2 Å². The molecular weight excluding hydrogens is 93.1 g/mol. The van der Waals surface area contributed by atoms with Crippen LogP contribution in [0.15, 0.2) is 12.3 Å². The van der Waals surface area contributed by atoms with Crippen molar-refractivity contribution in [1.82, 2.24) is 4.98 Å². The van der Waals surface area contributed by atoms with Gasteiger partial charge in [-0.3, -0.25) is 4.98 Å². The molecule has 0 bridgehead atoms. The predicted molar refractivity (Wildman–Crippen MR) is 21.9 cm³/mol. The highest BCUT2D eigenvalue weighted by Crippen LogP contribution is 1.86. The van der Waals surface area contributed by atoms with Crippen molar-refractivity contribution in [2.24, 2.45) is 0 Å². The first kappa shape index (κ1) is 4.24. The van der Waals surface area contributed by atoms with Crippen molar-refractivity contribution in [2.75, 3.05) is 0 Å². The summed E-state index contributed by atoms with van der Waals surface area (Å²) in [5, 5.41) is 0. The topological polar surface area (TPSA) is 12.9 Å². The number of rotatable bonds is 0. The lowest BCUT2D eigenvalue weighted by Crippen LogP contribution is -1.72. The third kappa shape index (κ3) is 0.961. The van der Waals surface area contributed by atoms with Crippen LogP contribution < -0.4 is 0 Å². The van der Waals surface area contributed by atoms with Crippen molar-refractivity contribution in [3.63, 3.8) is 0 Å². The molecule has 1 aromatic heterocycles. The second-order valence-electron chi connectivity index (χ2n) is 1.03. The molecule has 0 atom stereocenters. The van der Waals surface area contributed by atoms with Crippen LogP contribution in [0.3, 0.4) is 0 Å². The first-order chi connectivity index (χ1) is 3.39. The number of pyridine rings is 1. The molecule has 1 aromatic rings. The third-order valence-corrected chi connectivity index (χ3v) is 0.520. The summed E-state index contributed by atoms with van der Waals surface area (Å²) in [6.07, 6.45) is 3.43. The molecular formula is C5H2FN.